The van der Waals surface area contributed by atoms with Gasteiger partial charge in [0, 0.05) is 12.1 Å². The zero-order valence-corrected chi connectivity index (χ0v) is 12.8. The minimum absolute atomic E-state index is 0.0546. The van der Waals surface area contributed by atoms with Gasteiger partial charge >= 0.3 is 5.97 Å². The molecule has 0 spiro atoms. The maximum atomic E-state index is 11.2. The first-order valence-corrected chi connectivity index (χ1v) is 7.01. The van der Waals surface area contributed by atoms with Crippen LogP contribution in [0.5, 0.6) is 5.75 Å². The fourth-order valence-corrected chi connectivity index (χ4v) is 1.89. The highest BCUT2D eigenvalue weighted by molar-refractivity contribution is 5.86. The Morgan fingerprint density at radius 2 is 2.09 bits per heavy atom. The van der Waals surface area contributed by atoms with E-state index in [1.54, 1.807) is 0 Å². The van der Waals surface area contributed by atoms with Gasteiger partial charge in [0.15, 0.2) is 11.5 Å². The number of ether oxygens (including phenoxy) is 1. The number of hydrogen-bond donors (Lipinski definition) is 2. The van der Waals surface area contributed by atoms with Crippen LogP contribution in [0.4, 0.5) is 5.82 Å². The summed E-state index contributed by atoms with van der Waals surface area (Å²) in [5.41, 5.74) is 1.03. The summed E-state index contributed by atoms with van der Waals surface area (Å²) in [4.78, 5) is 19.4. The first-order valence-electron chi connectivity index (χ1n) is 7.01. The Morgan fingerprint density at radius 1 is 1.32 bits per heavy atom. The lowest BCUT2D eigenvalue weighted by Crippen LogP contribution is -2.15. The molecule has 2 aromatic rings. The van der Waals surface area contributed by atoms with Gasteiger partial charge in [0.05, 0.1) is 0 Å². The van der Waals surface area contributed by atoms with Crippen LogP contribution in [0.2, 0.25) is 0 Å². The Balaban J connectivity index is 2.18. The van der Waals surface area contributed by atoms with Crippen molar-refractivity contribution in [2.24, 2.45) is 0 Å². The van der Waals surface area contributed by atoms with Gasteiger partial charge in [-0.1, -0.05) is 12.1 Å². The van der Waals surface area contributed by atoms with Gasteiger partial charge in [-0.15, -0.1) is 0 Å². The van der Waals surface area contributed by atoms with E-state index in [4.69, 9.17) is 9.84 Å². The molecule has 22 heavy (non-hydrogen) atoms. The minimum atomic E-state index is -1.09. The summed E-state index contributed by atoms with van der Waals surface area (Å²) >= 11 is 0. The van der Waals surface area contributed by atoms with Gasteiger partial charge in [0.2, 0.25) is 0 Å². The van der Waals surface area contributed by atoms with Crippen molar-refractivity contribution in [2.45, 2.75) is 33.4 Å². The molecule has 0 aliphatic carbocycles. The molecular weight excluding hydrogens is 282 g/mol. The van der Waals surface area contributed by atoms with Crippen molar-refractivity contribution in [3.63, 3.8) is 0 Å². The zero-order valence-electron chi connectivity index (χ0n) is 12.8. The normalized spacial score (nSPS) is 10.5. The molecule has 2 N–H and O–H groups in total. The van der Waals surface area contributed by atoms with Crippen LogP contribution in [-0.2, 0) is 6.61 Å². The number of benzene rings is 1. The lowest BCUT2D eigenvalue weighted by Gasteiger charge is -2.12. The number of carbonyl (C=O) groups is 1. The van der Waals surface area contributed by atoms with E-state index in [-0.39, 0.29) is 18.3 Å². The minimum Gasteiger partial charge on any atom is -0.486 e. The third-order valence-corrected chi connectivity index (χ3v) is 2.79. The summed E-state index contributed by atoms with van der Waals surface area (Å²) in [5, 5.41) is 12.2. The van der Waals surface area contributed by atoms with E-state index in [1.807, 2.05) is 45.0 Å². The van der Waals surface area contributed by atoms with Crippen LogP contribution in [0.25, 0.3) is 0 Å². The third kappa shape index (κ3) is 4.44. The molecule has 0 saturated carbocycles. The predicted molar refractivity (Wildman–Crippen MR) is 83.3 cm³/mol. The Morgan fingerprint density at radius 3 is 2.73 bits per heavy atom. The van der Waals surface area contributed by atoms with Crippen molar-refractivity contribution in [3.8, 4) is 5.75 Å². The second-order valence-corrected chi connectivity index (χ2v) is 5.26. The Bertz CT molecular complexity index is 671. The lowest BCUT2D eigenvalue weighted by atomic mass is 10.2. The quantitative estimate of drug-likeness (QED) is 0.853. The summed E-state index contributed by atoms with van der Waals surface area (Å²) in [6, 6.07) is 9.15. The summed E-state index contributed by atoms with van der Waals surface area (Å²) in [5.74, 6) is 0.406. The fourth-order valence-electron chi connectivity index (χ4n) is 1.89. The summed E-state index contributed by atoms with van der Waals surface area (Å²) in [7, 11) is 0. The topological polar surface area (TPSA) is 84.3 Å². The Kier molecular flexibility index (Phi) is 4.93. The molecule has 0 amide bonds. The average molecular weight is 301 g/mol. The zero-order chi connectivity index (χ0) is 16.1. The molecule has 1 aromatic heterocycles. The monoisotopic (exact) mass is 301 g/mol. The first-order chi connectivity index (χ1) is 10.4. The van der Waals surface area contributed by atoms with E-state index < -0.39 is 5.97 Å². The molecule has 116 valence electrons. The van der Waals surface area contributed by atoms with E-state index in [2.05, 4.69) is 15.3 Å². The van der Waals surface area contributed by atoms with Gasteiger partial charge in [0.25, 0.3) is 0 Å². The number of anilines is 1. The van der Waals surface area contributed by atoms with Gasteiger partial charge in [0.1, 0.15) is 18.2 Å². The van der Waals surface area contributed by atoms with Crippen LogP contribution in [0.3, 0.4) is 0 Å². The summed E-state index contributed by atoms with van der Waals surface area (Å²) in [6.07, 6.45) is 0. The van der Waals surface area contributed by atoms with Gasteiger partial charge < -0.3 is 15.2 Å². The van der Waals surface area contributed by atoms with Crippen molar-refractivity contribution in [1.82, 2.24) is 9.97 Å². The summed E-state index contributed by atoms with van der Waals surface area (Å²) in [6.45, 7) is 5.98. The van der Waals surface area contributed by atoms with Gasteiger partial charge in [-0.2, -0.15) is 0 Å². The highest BCUT2D eigenvalue weighted by atomic mass is 16.5. The van der Waals surface area contributed by atoms with Crippen LogP contribution in [0.15, 0.2) is 30.3 Å². The smallest absolute Gasteiger partial charge is 0.354 e. The van der Waals surface area contributed by atoms with Crippen molar-refractivity contribution < 1.29 is 14.6 Å². The number of aromatic carboxylic acids is 1. The van der Waals surface area contributed by atoms with Gasteiger partial charge in [-0.25, -0.2) is 14.8 Å². The second-order valence-electron chi connectivity index (χ2n) is 5.26. The molecule has 0 bridgehead atoms. The molecule has 1 aromatic carbocycles. The van der Waals surface area contributed by atoms with E-state index in [9.17, 15) is 4.79 Å². The molecule has 0 radical (unpaired) electrons. The molecule has 2 rings (SSSR count). The van der Waals surface area contributed by atoms with Crippen molar-refractivity contribution in [1.29, 1.82) is 0 Å². The number of rotatable bonds is 6. The summed E-state index contributed by atoms with van der Waals surface area (Å²) < 4.78 is 5.62. The highest BCUT2D eigenvalue weighted by Gasteiger charge is 2.11. The second kappa shape index (κ2) is 6.89. The number of aryl methyl sites for hydroxylation is 1. The Labute approximate surface area is 129 Å². The molecule has 0 saturated heterocycles. The van der Waals surface area contributed by atoms with E-state index in [0.717, 1.165) is 5.56 Å². The fraction of sp³-hybridized carbons (Fsp3) is 0.312. The van der Waals surface area contributed by atoms with Crippen LogP contribution >= 0.6 is 0 Å². The third-order valence-electron chi connectivity index (χ3n) is 2.79. The predicted octanol–water partition coefficient (Wildman–Crippen LogP) is 2.88. The molecule has 0 fully saturated rings. The van der Waals surface area contributed by atoms with Crippen molar-refractivity contribution >= 4 is 11.8 Å². The van der Waals surface area contributed by atoms with Crippen LogP contribution in [0, 0.1) is 6.92 Å². The highest BCUT2D eigenvalue weighted by Crippen LogP contribution is 2.15. The number of nitrogens with zero attached hydrogens (tertiary/aromatic N) is 2. The molecule has 0 unspecified atom stereocenters. The van der Waals surface area contributed by atoms with Gasteiger partial charge in [-0.3, -0.25) is 0 Å². The Hall–Kier alpha value is -2.63. The maximum absolute atomic E-state index is 11.2. The number of aromatic nitrogens is 2. The van der Waals surface area contributed by atoms with Gasteiger partial charge in [-0.05, 0) is 38.5 Å². The molecular formula is C16H19N3O3. The largest absolute Gasteiger partial charge is 0.486 e. The molecule has 6 nitrogen and oxygen atoms in total. The van der Waals surface area contributed by atoms with Crippen LogP contribution < -0.4 is 10.1 Å². The van der Waals surface area contributed by atoms with Crippen molar-refractivity contribution in [3.05, 3.63) is 47.4 Å². The standard InChI is InChI=1S/C16H19N3O3/c1-10(2)17-14-8-13(16(20)21)18-15(19-14)9-22-12-6-4-5-11(3)7-12/h4-8,10H,9H2,1-3H3,(H,20,21)(H,17,18,19). The number of carboxylic acid groups (broad SMARTS) is 1. The molecule has 1 heterocycles. The number of hydrogen-bond acceptors (Lipinski definition) is 5. The van der Waals surface area contributed by atoms with Crippen LogP contribution in [0.1, 0.15) is 35.7 Å². The number of carboxylic acids is 1. The lowest BCUT2D eigenvalue weighted by molar-refractivity contribution is 0.0689. The molecule has 0 aliphatic heterocycles. The number of nitrogens with one attached hydrogen (secondary N) is 1. The van der Waals surface area contributed by atoms with E-state index in [1.165, 1.54) is 6.07 Å². The molecule has 6 heteroatoms. The molecule has 0 atom stereocenters. The molecule has 0 aliphatic rings. The first kappa shape index (κ1) is 15.8. The average Bonchev–Trinajstić information content (AvgIpc) is 2.44. The maximum Gasteiger partial charge on any atom is 0.354 e. The van der Waals surface area contributed by atoms with Crippen LogP contribution in [-0.4, -0.2) is 27.1 Å². The van der Waals surface area contributed by atoms with Crippen molar-refractivity contribution in [2.75, 3.05) is 5.32 Å². The van der Waals surface area contributed by atoms with E-state index in [0.29, 0.717) is 17.4 Å². The van der Waals surface area contributed by atoms with E-state index >= 15 is 0 Å². The SMILES string of the molecule is Cc1cccc(OCc2nc(NC(C)C)cc(C(=O)O)n2)c1.